The molecule has 2 aliphatic heterocycles. The van der Waals surface area contributed by atoms with Gasteiger partial charge < -0.3 is 33.7 Å². The first-order chi connectivity index (χ1) is 37.8. The van der Waals surface area contributed by atoms with Crippen LogP contribution in [0, 0.1) is 0 Å². The molecular weight excluding hydrogens is 1160 g/mol. The van der Waals surface area contributed by atoms with Crippen LogP contribution in [-0.2, 0) is 89.9 Å². The van der Waals surface area contributed by atoms with Gasteiger partial charge in [-0.3, -0.25) is 27.6 Å². The van der Waals surface area contributed by atoms with Crippen molar-refractivity contribution in [1.82, 2.24) is 0 Å². The fourth-order valence-electron chi connectivity index (χ4n) is 10.3. The summed E-state index contributed by atoms with van der Waals surface area (Å²) in [6.07, 6.45) is 9.46. The van der Waals surface area contributed by atoms with Gasteiger partial charge in [0.15, 0.2) is 12.3 Å². The van der Waals surface area contributed by atoms with E-state index >= 15 is 0 Å². The number of carboxylic acid groups (broad SMARTS) is 1. The smallest absolute Gasteiger partial charge is 0.303 e. The van der Waals surface area contributed by atoms with Crippen LogP contribution < -0.4 is 4.90 Å². The number of ether oxygens (including phenoxy) is 5. The maximum Gasteiger partial charge on any atom is 0.303 e. The van der Waals surface area contributed by atoms with Crippen LogP contribution in [0.5, 0.6) is 0 Å². The molecule has 1 unspecified atom stereocenters. The van der Waals surface area contributed by atoms with E-state index in [-0.39, 0.29) is 79.3 Å². The standard InChI is InChI=1S/C52H66N2O22S5/c1-51(2)46(53(20-10-6-9-14-48(55)56)42-17-15-38-40(49(42)51)32-36(78(60,61)62)34-44(38)80(66,67)68)12-7-5-8-13-47-52(3,19-11-31-77(57,58)59)50-41-33-37(79(63,64)65)35-45(81(69,70)71)39(41)16-18-43(50)54(47)21-22-73-25-26-75-29-30-76-28-27-74-24-23-72-4/h5,7-8,12-13,15-18,32-35H,6,9-11,14,19-31H2,1-4H3,(H5-,55,56,57,58,59,60,61,62,63,64,65,66,67,68,69,70,71)/p+1. The van der Waals surface area contributed by atoms with Gasteiger partial charge in [0.05, 0.1) is 73.8 Å². The maximum absolute atomic E-state index is 12.9. The Bertz CT molecular complexity index is 3730. The first-order valence-corrected chi connectivity index (χ1v) is 32.8. The Morgan fingerprint density at radius 3 is 1.62 bits per heavy atom. The molecule has 2 heterocycles. The van der Waals surface area contributed by atoms with Gasteiger partial charge >= 0.3 is 5.97 Å². The van der Waals surface area contributed by atoms with Crippen molar-refractivity contribution in [1.29, 1.82) is 0 Å². The molecule has 0 amide bonds. The quantitative estimate of drug-likeness (QED) is 0.0138. The minimum absolute atomic E-state index is 0.0240. The molecule has 2 aliphatic rings. The van der Waals surface area contributed by atoms with E-state index in [2.05, 4.69) is 0 Å². The van der Waals surface area contributed by atoms with E-state index < -0.39 is 92.7 Å². The van der Waals surface area contributed by atoms with E-state index in [1.807, 2.05) is 4.90 Å². The largest absolute Gasteiger partial charge is 0.481 e. The highest BCUT2D eigenvalue weighted by Crippen LogP contribution is 2.52. The summed E-state index contributed by atoms with van der Waals surface area (Å²) in [6, 6.07) is 9.39. The normalized spacial score (nSPS) is 17.4. The Labute approximate surface area is 471 Å². The average molecular weight is 1230 g/mol. The molecule has 0 aliphatic carbocycles. The zero-order chi connectivity index (χ0) is 59.8. The van der Waals surface area contributed by atoms with Gasteiger partial charge in [0.2, 0.25) is 5.69 Å². The molecule has 0 aromatic heterocycles. The molecule has 81 heavy (non-hydrogen) atoms. The third kappa shape index (κ3) is 16.2. The van der Waals surface area contributed by atoms with Gasteiger partial charge in [-0.2, -0.15) is 46.7 Å². The molecule has 0 saturated carbocycles. The molecule has 0 saturated heterocycles. The minimum Gasteiger partial charge on any atom is -0.481 e. The van der Waals surface area contributed by atoms with Gasteiger partial charge in [-0.25, -0.2) is 0 Å². The predicted molar refractivity (Wildman–Crippen MR) is 298 cm³/mol. The van der Waals surface area contributed by atoms with E-state index in [4.69, 9.17) is 23.7 Å². The lowest BCUT2D eigenvalue weighted by atomic mass is 9.74. The molecule has 0 fully saturated rings. The van der Waals surface area contributed by atoms with E-state index in [1.54, 1.807) is 75.0 Å². The second kappa shape index (κ2) is 26.7. The second-order valence-electron chi connectivity index (χ2n) is 19.8. The number of unbranched alkanes of at least 4 members (excludes halogenated alkanes) is 2. The number of methoxy groups -OCH3 is 1. The molecule has 6 N–H and O–H groups in total. The number of rotatable bonds is 32. The molecular formula is C52H67N2O22S5+. The highest BCUT2D eigenvalue weighted by atomic mass is 32.2. The zero-order valence-corrected chi connectivity index (χ0v) is 49.0. The van der Waals surface area contributed by atoms with Crippen LogP contribution in [0.2, 0.25) is 0 Å². The lowest BCUT2D eigenvalue weighted by molar-refractivity contribution is -0.442. The van der Waals surface area contributed by atoms with Crippen LogP contribution in [0.1, 0.15) is 70.4 Å². The average Bonchev–Trinajstić information content (AvgIpc) is 3.26. The number of aliphatic carboxylic acids is 1. The number of fused-ring (bicyclic) bond motifs is 6. The van der Waals surface area contributed by atoms with Gasteiger partial charge in [0, 0.05) is 65.4 Å². The van der Waals surface area contributed by atoms with E-state index in [1.165, 1.54) is 12.1 Å². The van der Waals surface area contributed by atoms with Crippen LogP contribution in [0.15, 0.2) is 104 Å². The summed E-state index contributed by atoms with van der Waals surface area (Å²) in [5.74, 6) is -1.67. The van der Waals surface area contributed by atoms with E-state index in [0.717, 1.165) is 12.1 Å². The summed E-state index contributed by atoms with van der Waals surface area (Å²) in [5, 5.41) is 9.19. The molecule has 0 spiro atoms. The SMILES string of the molecule is COCCOCCOCCOCCOCC[N+]1=C(/C=C/C=C/C=C2/N(CCCCCC(=O)O)c3ccc4c(S(=O)(=O)O)cc(S(=O)(=O)O)cc4c3C2(C)C)C(C)(CCCS(=O)(=O)O)c2c1ccc1c(S(=O)(=O)O)cc(S(=O)(=O)O)cc21. The fourth-order valence-corrected chi connectivity index (χ4v) is 13.5. The molecule has 29 heteroatoms. The summed E-state index contributed by atoms with van der Waals surface area (Å²) >= 11 is 0. The number of hydrogen-bond donors (Lipinski definition) is 6. The van der Waals surface area contributed by atoms with E-state index in [0.29, 0.717) is 99.3 Å². The Morgan fingerprint density at radius 2 is 1.11 bits per heavy atom. The molecule has 0 bridgehead atoms. The summed E-state index contributed by atoms with van der Waals surface area (Å²) in [5.41, 5.74) is 0.341. The number of hydrogen-bond acceptors (Lipinski definition) is 17. The van der Waals surface area contributed by atoms with Gasteiger partial charge in [0.25, 0.3) is 50.6 Å². The Balaban J connectivity index is 1.43. The summed E-state index contributed by atoms with van der Waals surface area (Å²) in [4.78, 5) is 10.0. The number of benzene rings is 4. The van der Waals surface area contributed by atoms with Crippen molar-refractivity contribution in [3.63, 3.8) is 0 Å². The van der Waals surface area contributed by atoms with Gasteiger partial charge in [0.1, 0.15) is 16.4 Å². The van der Waals surface area contributed by atoms with Crippen molar-refractivity contribution < 1.29 is 103 Å². The molecule has 6 rings (SSSR count). The van der Waals surface area contributed by atoms with Crippen LogP contribution in [0.3, 0.4) is 0 Å². The van der Waals surface area contributed by atoms with Crippen molar-refractivity contribution in [2.75, 3.05) is 90.3 Å². The summed E-state index contributed by atoms with van der Waals surface area (Å²) in [6.45, 7) is 8.30. The van der Waals surface area contributed by atoms with Crippen molar-refractivity contribution in [2.24, 2.45) is 0 Å². The van der Waals surface area contributed by atoms with Crippen molar-refractivity contribution in [3.05, 3.63) is 95.7 Å². The first-order valence-electron chi connectivity index (χ1n) is 25.4. The highest BCUT2D eigenvalue weighted by molar-refractivity contribution is 7.87. The summed E-state index contributed by atoms with van der Waals surface area (Å²) in [7, 11) is -23.2. The van der Waals surface area contributed by atoms with Crippen molar-refractivity contribution in [2.45, 2.75) is 89.7 Å². The Hall–Kier alpha value is -5.09. The van der Waals surface area contributed by atoms with Gasteiger partial charge in [-0.15, -0.1) is 0 Å². The predicted octanol–water partition coefficient (Wildman–Crippen LogP) is 6.16. The number of carbonyl (C=O) groups is 1. The Morgan fingerprint density at radius 1 is 0.593 bits per heavy atom. The third-order valence-electron chi connectivity index (χ3n) is 13.9. The number of nitrogens with zero attached hydrogens (tertiary/aromatic N) is 2. The molecule has 24 nitrogen and oxygen atoms in total. The topological polar surface area (TPSA) is 362 Å². The van der Waals surface area contributed by atoms with Crippen LogP contribution >= 0.6 is 0 Å². The van der Waals surface area contributed by atoms with Crippen LogP contribution in [-0.4, -0.2) is 172 Å². The van der Waals surface area contributed by atoms with Crippen LogP contribution in [0.25, 0.3) is 21.5 Å². The Kier molecular flexibility index (Phi) is 21.4. The van der Waals surface area contributed by atoms with Crippen molar-refractivity contribution >= 4 is 95.2 Å². The lowest BCUT2D eigenvalue weighted by Gasteiger charge is -2.27. The minimum atomic E-state index is -5.14. The number of anilines is 1. The molecule has 4 aromatic carbocycles. The number of allylic oxidation sites excluding steroid dienone is 6. The summed E-state index contributed by atoms with van der Waals surface area (Å²) < 4.78 is 206. The van der Waals surface area contributed by atoms with E-state index in [9.17, 15) is 74.8 Å². The second-order valence-corrected chi connectivity index (χ2v) is 27.0. The molecule has 446 valence electrons. The maximum atomic E-state index is 12.9. The molecule has 1 atom stereocenters. The molecule has 0 radical (unpaired) electrons. The van der Waals surface area contributed by atoms with Gasteiger partial charge in [-0.1, -0.05) is 44.6 Å². The first kappa shape index (κ1) is 65.1. The zero-order valence-electron chi connectivity index (χ0n) is 44.9. The number of carboxylic acids is 1. The fraction of sp³-hybridized carbons (Fsp3) is 0.462. The van der Waals surface area contributed by atoms with Crippen molar-refractivity contribution in [3.8, 4) is 0 Å². The monoisotopic (exact) mass is 1230 g/mol. The third-order valence-corrected chi connectivity index (χ3v) is 18.1. The molecule has 4 aromatic rings. The van der Waals surface area contributed by atoms with Gasteiger partial charge in [-0.05, 0) is 91.4 Å². The lowest BCUT2D eigenvalue weighted by Crippen LogP contribution is -2.33. The van der Waals surface area contributed by atoms with Crippen LogP contribution in [0.4, 0.5) is 11.4 Å². The highest BCUT2D eigenvalue weighted by Gasteiger charge is 2.49.